The predicted molar refractivity (Wildman–Crippen MR) is 67.7 cm³/mol. The van der Waals surface area contributed by atoms with Crippen molar-refractivity contribution in [3.8, 4) is 0 Å². The zero-order valence-electron chi connectivity index (χ0n) is 10.8. The number of hydrogen-bond donors (Lipinski definition) is 1. The van der Waals surface area contributed by atoms with Crippen molar-refractivity contribution in [1.82, 2.24) is 4.90 Å². The zero-order chi connectivity index (χ0) is 12.5. The molecule has 0 aromatic heterocycles. The highest BCUT2D eigenvalue weighted by Gasteiger charge is 2.58. The summed E-state index contributed by atoms with van der Waals surface area (Å²) in [5.74, 6) is 0. The van der Waals surface area contributed by atoms with Gasteiger partial charge in [-0.1, -0.05) is 30.3 Å². The Labute approximate surface area is 103 Å². The summed E-state index contributed by atoms with van der Waals surface area (Å²) in [5.41, 5.74) is 1.41. The zero-order valence-corrected chi connectivity index (χ0v) is 10.8. The van der Waals surface area contributed by atoms with Gasteiger partial charge in [0.25, 0.3) is 0 Å². The molecule has 2 rings (SSSR count). The van der Waals surface area contributed by atoms with Crippen LogP contribution in [0.25, 0.3) is 0 Å². The molecule has 94 valence electrons. The van der Waals surface area contributed by atoms with Crippen LogP contribution in [0.4, 0.5) is 0 Å². The number of aliphatic hydroxyl groups is 1. The fourth-order valence-corrected chi connectivity index (χ4v) is 2.64. The molecule has 3 atom stereocenters. The van der Waals surface area contributed by atoms with E-state index in [-0.39, 0.29) is 18.2 Å². The van der Waals surface area contributed by atoms with Crippen LogP contribution in [0, 0.1) is 0 Å². The molecular formula is C14H21NO2. The lowest BCUT2D eigenvalue weighted by Gasteiger charge is -2.12. The van der Waals surface area contributed by atoms with E-state index in [1.54, 1.807) is 7.11 Å². The van der Waals surface area contributed by atoms with Gasteiger partial charge in [-0.2, -0.15) is 0 Å². The molecule has 0 bridgehead atoms. The summed E-state index contributed by atoms with van der Waals surface area (Å²) in [6.45, 7) is 5.39. The number of hydrogen-bond acceptors (Lipinski definition) is 3. The first-order valence-electron chi connectivity index (χ1n) is 6.05. The monoisotopic (exact) mass is 235 g/mol. The molecule has 1 aliphatic heterocycles. The number of ether oxygens (including phenoxy) is 1. The molecule has 1 saturated heterocycles. The first-order chi connectivity index (χ1) is 8.11. The van der Waals surface area contributed by atoms with Gasteiger partial charge in [-0.3, -0.25) is 4.90 Å². The van der Waals surface area contributed by atoms with Crippen molar-refractivity contribution in [2.45, 2.75) is 38.1 Å². The Balaban J connectivity index is 2.03. The summed E-state index contributed by atoms with van der Waals surface area (Å²) in [4.78, 5) is 2.37. The average molecular weight is 235 g/mol. The lowest BCUT2D eigenvalue weighted by Crippen LogP contribution is -2.27. The van der Waals surface area contributed by atoms with Crippen molar-refractivity contribution >= 4 is 0 Å². The Morgan fingerprint density at radius 3 is 2.53 bits per heavy atom. The Hall–Kier alpha value is -0.900. The minimum atomic E-state index is -0.0892. The molecule has 1 heterocycles. The first-order valence-corrected chi connectivity index (χ1v) is 6.05. The predicted octanol–water partition coefficient (Wildman–Crippen LogP) is 1.66. The lowest BCUT2D eigenvalue weighted by atomic mass is 10.1. The Bertz CT molecular complexity index is 360. The molecule has 0 amide bonds. The van der Waals surface area contributed by atoms with Crippen molar-refractivity contribution in [3.63, 3.8) is 0 Å². The molecule has 0 spiro atoms. The molecule has 0 aliphatic carbocycles. The number of methoxy groups -OCH3 is 1. The third-order valence-electron chi connectivity index (χ3n) is 3.76. The fourth-order valence-electron chi connectivity index (χ4n) is 2.64. The largest absolute Gasteiger partial charge is 0.394 e. The number of aliphatic hydroxyl groups excluding tert-OH is 1. The second kappa shape index (κ2) is 4.77. The van der Waals surface area contributed by atoms with Gasteiger partial charge in [0.1, 0.15) is 0 Å². The Morgan fingerprint density at radius 1 is 1.35 bits per heavy atom. The van der Waals surface area contributed by atoms with E-state index in [4.69, 9.17) is 4.74 Å². The van der Waals surface area contributed by atoms with Gasteiger partial charge in [-0.15, -0.1) is 0 Å². The highest BCUT2D eigenvalue weighted by Crippen LogP contribution is 2.44. The van der Waals surface area contributed by atoms with Crippen LogP contribution in [0.2, 0.25) is 0 Å². The topological polar surface area (TPSA) is 32.5 Å². The van der Waals surface area contributed by atoms with E-state index in [0.29, 0.717) is 6.04 Å². The van der Waals surface area contributed by atoms with Crippen molar-refractivity contribution < 1.29 is 9.84 Å². The first kappa shape index (κ1) is 12.6. The van der Waals surface area contributed by atoms with E-state index in [1.165, 1.54) is 5.56 Å². The third-order valence-corrected chi connectivity index (χ3v) is 3.76. The summed E-state index contributed by atoms with van der Waals surface area (Å²) in [6, 6.07) is 10.7. The van der Waals surface area contributed by atoms with Crippen LogP contribution in [0.3, 0.4) is 0 Å². The van der Waals surface area contributed by atoms with Gasteiger partial charge in [0.05, 0.1) is 18.8 Å². The molecule has 3 heteroatoms. The van der Waals surface area contributed by atoms with Crippen LogP contribution in [0.5, 0.6) is 0 Å². The van der Waals surface area contributed by atoms with Crippen molar-refractivity contribution in [2.75, 3.05) is 13.7 Å². The van der Waals surface area contributed by atoms with Crippen molar-refractivity contribution in [2.24, 2.45) is 0 Å². The molecule has 17 heavy (non-hydrogen) atoms. The molecule has 1 fully saturated rings. The number of rotatable bonds is 5. The number of nitrogens with zero attached hydrogens (tertiary/aromatic N) is 1. The molecule has 3 nitrogen and oxygen atoms in total. The standard InChI is InChI=1S/C14H21NO2/c1-14(2)13(12(10-16)17-3)15(14)9-11-7-5-4-6-8-11/h4-8,12-13,16H,9-10H2,1-3H3/t12-,13+,15?/m1/s1. The average Bonchev–Trinajstić information content (AvgIpc) is 2.85. The van der Waals surface area contributed by atoms with E-state index >= 15 is 0 Å². The molecule has 0 radical (unpaired) electrons. The van der Waals surface area contributed by atoms with E-state index in [9.17, 15) is 5.11 Å². The molecule has 0 saturated carbocycles. The third kappa shape index (κ3) is 2.37. The number of benzene rings is 1. The second-order valence-corrected chi connectivity index (χ2v) is 5.17. The van der Waals surface area contributed by atoms with Gasteiger partial charge in [0.2, 0.25) is 0 Å². The van der Waals surface area contributed by atoms with Crippen molar-refractivity contribution in [1.29, 1.82) is 0 Å². The molecule has 1 aromatic rings. The van der Waals surface area contributed by atoms with Gasteiger partial charge >= 0.3 is 0 Å². The van der Waals surface area contributed by atoms with Crippen LogP contribution >= 0.6 is 0 Å². The maximum Gasteiger partial charge on any atom is 0.0974 e. The summed E-state index contributed by atoms with van der Waals surface area (Å²) in [7, 11) is 1.66. The smallest absolute Gasteiger partial charge is 0.0974 e. The van der Waals surface area contributed by atoms with Crippen molar-refractivity contribution in [3.05, 3.63) is 35.9 Å². The molecule has 1 aliphatic rings. The SMILES string of the molecule is CO[C@H](CO)[C@@H]1N(Cc2ccccc2)C1(C)C. The van der Waals surface area contributed by atoms with E-state index in [2.05, 4.69) is 43.0 Å². The minimum absolute atomic E-state index is 0.0793. The van der Waals surface area contributed by atoms with E-state index < -0.39 is 0 Å². The maximum atomic E-state index is 9.30. The van der Waals surface area contributed by atoms with Crippen LogP contribution in [-0.2, 0) is 11.3 Å². The van der Waals surface area contributed by atoms with Gasteiger partial charge in [0.15, 0.2) is 0 Å². The normalized spacial score (nSPS) is 27.8. The second-order valence-electron chi connectivity index (χ2n) is 5.17. The minimum Gasteiger partial charge on any atom is -0.394 e. The quantitative estimate of drug-likeness (QED) is 0.788. The van der Waals surface area contributed by atoms with Crippen LogP contribution in [-0.4, -0.2) is 41.4 Å². The van der Waals surface area contributed by atoms with Gasteiger partial charge in [-0.25, -0.2) is 0 Å². The highest BCUT2D eigenvalue weighted by atomic mass is 16.5. The van der Waals surface area contributed by atoms with Gasteiger partial charge in [-0.05, 0) is 19.4 Å². The molecular weight excluding hydrogens is 214 g/mol. The Kier molecular flexibility index (Phi) is 3.52. The van der Waals surface area contributed by atoms with Crippen LogP contribution in [0.1, 0.15) is 19.4 Å². The summed E-state index contributed by atoms with van der Waals surface area (Å²) in [6.07, 6.45) is -0.0892. The molecule has 1 unspecified atom stereocenters. The summed E-state index contributed by atoms with van der Waals surface area (Å²) >= 11 is 0. The van der Waals surface area contributed by atoms with Crippen LogP contribution < -0.4 is 0 Å². The summed E-state index contributed by atoms with van der Waals surface area (Å²) in [5, 5.41) is 9.30. The van der Waals surface area contributed by atoms with Gasteiger partial charge < -0.3 is 9.84 Å². The fraction of sp³-hybridized carbons (Fsp3) is 0.571. The van der Waals surface area contributed by atoms with E-state index in [1.807, 2.05) is 6.07 Å². The van der Waals surface area contributed by atoms with Crippen LogP contribution in [0.15, 0.2) is 30.3 Å². The molecule has 1 N–H and O–H groups in total. The Morgan fingerprint density at radius 2 is 2.00 bits per heavy atom. The maximum absolute atomic E-state index is 9.30. The summed E-state index contributed by atoms with van der Waals surface area (Å²) < 4.78 is 5.34. The molecule has 1 aromatic carbocycles. The highest BCUT2D eigenvalue weighted by molar-refractivity contribution is 5.21. The van der Waals surface area contributed by atoms with E-state index in [0.717, 1.165) is 6.54 Å². The van der Waals surface area contributed by atoms with Gasteiger partial charge in [0, 0.05) is 19.2 Å². The lowest BCUT2D eigenvalue weighted by molar-refractivity contribution is 0.0380.